The molecule has 4 heteroatoms. The molecule has 1 aromatic rings. The molecular formula is C14H18N2O2. The molecule has 2 atom stereocenters. The van der Waals surface area contributed by atoms with Crippen molar-refractivity contribution in [1.29, 1.82) is 5.26 Å². The normalized spacial score (nSPS) is 23.2. The Kier molecular flexibility index (Phi) is 4.06. The number of nitriles is 1. The molecule has 0 saturated heterocycles. The van der Waals surface area contributed by atoms with Gasteiger partial charge in [-0.05, 0) is 37.8 Å². The average molecular weight is 246 g/mol. The van der Waals surface area contributed by atoms with Gasteiger partial charge in [0.2, 0.25) is 0 Å². The molecule has 2 rings (SSSR count). The third-order valence-electron chi connectivity index (χ3n) is 3.25. The van der Waals surface area contributed by atoms with Gasteiger partial charge in [-0.25, -0.2) is 0 Å². The van der Waals surface area contributed by atoms with Crippen LogP contribution in [0.1, 0.15) is 31.2 Å². The highest BCUT2D eigenvalue weighted by atomic mass is 16.5. The van der Waals surface area contributed by atoms with Crippen molar-refractivity contribution in [2.45, 2.75) is 37.8 Å². The lowest BCUT2D eigenvalue weighted by molar-refractivity contribution is 0.139. The summed E-state index contributed by atoms with van der Waals surface area (Å²) >= 11 is 0. The quantitative estimate of drug-likeness (QED) is 0.887. The number of hydrogen-bond donors (Lipinski definition) is 1. The molecule has 0 radical (unpaired) electrons. The first kappa shape index (κ1) is 12.7. The Labute approximate surface area is 107 Å². The lowest BCUT2D eigenvalue weighted by Gasteiger charge is -2.27. The van der Waals surface area contributed by atoms with Crippen LogP contribution in [0.2, 0.25) is 0 Å². The zero-order valence-electron chi connectivity index (χ0n) is 10.6. The number of methoxy groups -OCH3 is 1. The molecule has 1 saturated carbocycles. The van der Waals surface area contributed by atoms with Crippen LogP contribution < -0.4 is 15.2 Å². The van der Waals surface area contributed by atoms with Crippen molar-refractivity contribution in [2.24, 2.45) is 5.73 Å². The summed E-state index contributed by atoms with van der Waals surface area (Å²) in [7, 11) is 1.60. The molecule has 2 unspecified atom stereocenters. The standard InChI is InChI=1S/C14H18N2O2/c1-17-13-6-5-10(9-15)7-14(13)18-12-4-2-3-11(16)8-12/h5-7,11-12H,2-4,8,16H2,1H3. The molecule has 18 heavy (non-hydrogen) atoms. The molecule has 1 fully saturated rings. The maximum absolute atomic E-state index is 8.91. The van der Waals surface area contributed by atoms with E-state index in [1.54, 1.807) is 25.3 Å². The highest BCUT2D eigenvalue weighted by Gasteiger charge is 2.21. The van der Waals surface area contributed by atoms with E-state index in [-0.39, 0.29) is 12.1 Å². The number of hydrogen-bond acceptors (Lipinski definition) is 4. The van der Waals surface area contributed by atoms with Crippen LogP contribution in [-0.4, -0.2) is 19.3 Å². The third-order valence-corrected chi connectivity index (χ3v) is 3.25. The predicted octanol–water partition coefficient (Wildman–Crippen LogP) is 2.22. The first-order chi connectivity index (χ1) is 8.72. The van der Waals surface area contributed by atoms with E-state index in [2.05, 4.69) is 6.07 Å². The van der Waals surface area contributed by atoms with E-state index in [0.29, 0.717) is 17.1 Å². The summed E-state index contributed by atoms with van der Waals surface area (Å²) in [5.41, 5.74) is 6.52. The zero-order valence-corrected chi connectivity index (χ0v) is 10.6. The van der Waals surface area contributed by atoms with Crippen molar-refractivity contribution in [3.63, 3.8) is 0 Å². The van der Waals surface area contributed by atoms with Crippen molar-refractivity contribution < 1.29 is 9.47 Å². The Hall–Kier alpha value is -1.73. The summed E-state index contributed by atoms with van der Waals surface area (Å²) in [6.07, 6.45) is 4.14. The van der Waals surface area contributed by atoms with Crippen LogP contribution in [0, 0.1) is 11.3 Å². The van der Waals surface area contributed by atoms with Gasteiger partial charge in [0.25, 0.3) is 0 Å². The number of benzene rings is 1. The molecule has 1 aromatic carbocycles. The Balaban J connectivity index is 2.14. The highest BCUT2D eigenvalue weighted by molar-refractivity contribution is 5.46. The fourth-order valence-corrected chi connectivity index (χ4v) is 2.31. The molecular weight excluding hydrogens is 228 g/mol. The first-order valence-electron chi connectivity index (χ1n) is 6.23. The summed E-state index contributed by atoms with van der Waals surface area (Å²) < 4.78 is 11.2. The number of rotatable bonds is 3. The van der Waals surface area contributed by atoms with E-state index >= 15 is 0 Å². The summed E-state index contributed by atoms with van der Waals surface area (Å²) in [6, 6.07) is 7.52. The van der Waals surface area contributed by atoms with Crippen LogP contribution in [0.25, 0.3) is 0 Å². The number of nitrogens with two attached hydrogens (primary N) is 1. The second-order valence-electron chi connectivity index (χ2n) is 4.64. The van der Waals surface area contributed by atoms with Gasteiger partial charge in [-0.3, -0.25) is 0 Å². The van der Waals surface area contributed by atoms with E-state index in [0.717, 1.165) is 25.7 Å². The van der Waals surface area contributed by atoms with Gasteiger partial charge in [0, 0.05) is 12.1 Å². The van der Waals surface area contributed by atoms with Crippen LogP contribution in [0.4, 0.5) is 0 Å². The Morgan fingerprint density at radius 2 is 2.17 bits per heavy atom. The molecule has 1 aliphatic carbocycles. The smallest absolute Gasteiger partial charge is 0.162 e. The van der Waals surface area contributed by atoms with Gasteiger partial charge in [-0.2, -0.15) is 5.26 Å². The topological polar surface area (TPSA) is 68.3 Å². The van der Waals surface area contributed by atoms with Crippen molar-refractivity contribution in [2.75, 3.05) is 7.11 Å². The van der Waals surface area contributed by atoms with Gasteiger partial charge in [-0.15, -0.1) is 0 Å². The van der Waals surface area contributed by atoms with E-state index in [4.69, 9.17) is 20.5 Å². The van der Waals surface area contributed by atoms with Gasteiger partial charge >= 0.3 is 0 Å². The van der Waals surface area contributed by atoms with Gasteiger partial charge in [0.15, 0.2) is 11.5 Å². The van der Waals surface area contributed by atoms with Gasteiger partial charge in [0.05, 0.1) is 18.7 Å². The van der Waals surface area contributed by atoms with E-state index in [1.807, 2.05) is 0 Å². The summed E-state index contributed by atoms with van der Waals surface area (Å²) in [5.74, 6) is 1.30. The Bertz CT molecular complexity index is 454. The van der Waals surface area contributed by atoms with E-state index < -0.39 is 0 Å². The molecule has 0 spiro atoms. The van der Waals surface area contributed by atoms with Crippen LogP contribution in [0.3, 0.4) is 0 Å². The second kappa shape index (κ2) is 5.74. The van der Waals surface area contributed by atoms with E-state index in [9.17, 15) is 0 Å². The summed E-state index contributed by atoms with van der Waals surface area (Å²) in [5, 5.41) is 8.91. The largest absolute Gasteiger partial charge is 0.493 e. The monoisotopic (exact) mass is 246 g/mol. The zero-order chi connectivity index (χ0) is 13.0. The minimum Gasteiger partial charge on any atom is -0.493 e. The lowest BCUT2D eigenvalue weighted by Crippen LogP contribution is -2.33. The minimum absolute atomic E-state index is 0.122. The lowest BCUT2D eigenvalue weighted by atomic mass is 9.93. The fourth-order valence-electron chi connectivity index (χ4n) is 2.31. The molecule has 0 heterocycles. The Morgan fingerprint density at radius 1 is 1.33 bits per heavy atom. The Morgan fingerprint density at radius 3 is 2.83 bits per heavy atom. The molecule has 4 nitrogen and oxygen atoms in total. The van der Waals surface area contributed by atoms with Crippen LogP contribution >= 0.6 is 0 Å². The summed E-state index contributed by atoms with van der Waals surface area (Å²) in [6.45, 7) is 0. The molecule has 96 valence electrons. The van der Waals surface area contributed by atoms with Crippen molar-refractivity contribution in [1.82, 2.24) is 0 Å². The SMILES string of the molecule is COc1ccc(C#N)cc1OC1CCCC(N)C1. The van der Waals surface area contributed by atoms with Gasteiger partial charge < -0.3 is 15.2 Å². The first-order valence-corrected chi connectivity index (χ1v) is 6.23. The van der Waals surface area contributed by atoms with Crippen LogP contribution in [0.15, 0.2) is 18.2 Å². The second-order valence-corrected chi connectivity index (χ2v) is 4.64. The molecule has 0 aliphatic heterocycles. The summed E-state index contributed by atoms with van der Waals surface area (Å²) in [4.78, 5) is 0. The molecule has 1 aliphatic rings. The molecule has 0 amide bonds. The predicted molar refractivity (Wildman–Crippen MR) is 68.6 cm³/mol. The average Bonchev–Trinajstić information content (AvgIpc) is 2.38. The minimum atomic E-state index is 0.122. The van der Waals surface area contributed by atoms with Crippen molar-refractivity contribution in [3.05, 3.63) is 23.8 Å². The maximum atomic E-state index is 8.91. The van der Waals surface area contributed by atoms with Crippen molar-refractivity contribution >= 4 is 0 Å². The number of ether oxygens (including phenoxy) is 2. The van der Waals surface area contributed by atoms with Gasteiger partial charge in [0.1, 0.15) is 6.10 Å². The van der Waals surface area contributed by atoms with Crippen LogP contribution in [0.5, 0.6) is 11.5 Å². The highest BCUT2D eigenvalue weighted by Crippen LogP contribution is 2.31. The third kappa shape index (κ3) is 2.93. The maximum Gasteiger partial charge on any atom is 0.162 e. The molecule has 2 N–H and O–H groups in total. The van der Waals surface area contributed by atoms with Crippen molar-refractivity contribution in [3.8, 4) is 17.6 Å². The van der Waals surface area contributed by atoms with Gasteiger partial charge in [-0.1, -0.05) is 0 Å². The van der Waals surface area contributed by atoms with E-state index in [1.165, 1.54) is 0 Å². The number of nitrogens with zero attached hydrogens (tertiary/aromatic N) is 1. The molecule has 0 bridgehead atoms. The molecule has 0 aromatic heterocycles. The van der Waals surface area contributed by atoms with Crippen LogP contribution in [-0.2, 0) is 0 Å². The fraction of sp³-hybridized carbons (Fsp3) is 0.500.